The molecule has 0 aliphatic rings. The minimum atomic E-state index is -0.512. The van der Waals surface area contributed by atoms with Crippen molar-refractivity contribution in [1.29, 1.82) is 0 Å². The van der Waals surface area contributed by atoms with Crippen LogP contribution in [0.15, 0.2) is 0 Å². The fraction of sp³-hybridized carbons (Fsp3) is 0.714. The number of nitrogens with two attached hydrogens (primary N) is 1. The summed E-state index contributed by atoms with van der Waals surface area (Å²) in [5, 5.41) is 3.19. The number of halogens is 1. The largest absolute Gasteiger partial charge is 0.450 e. The zero-order chi connectivity index (χ0) is 10.1. The van der Waals surface area contributed by atoms with E-state index in [0.29, 0.717) is 6.61 Å². The Kier molecular flexibility index (Phi) is 7.38. The van der Waals surface area contributed by atoms with Gasteiger partial charge in [0.15, 0.2) is 0 Å². The van der Waals surface area contributed by atoms with E-state index in [-0.39, 0.29) is 13.0 Å². The number of hydrogen-bond donors (Lipinski definition) is 2. The van der Waals surface area contributed by atoms with Crippen LogP contribution in [-0.4, -0.2) is 30.5 Å². The van der Waals surface area contributed by atoms with Gasteiger partial charge in [0.1, 0.15) is 0 Å². The lowest BCUT2D eigenvalue weighted by molar-refractivity contribution is -0.117. The van der Waals surface area contributed by atoms with Crippen molar-refractivity contribution in [3.63, 3.8) is 0 Å². The highest BCUT2D eigenvalue weighted by Crippen LogP contribution is 1.88. The maximum Gasteiger partial charge on any atom is 0.407 e. The highest BCUT2D eigenvalue weighted by molar-refractivity contribution is 9.09. The zero-order valence-corrected chi connectivity index (χ0v) is 8.80. The number of carbonyl (C=O) groups excluding carboxylic acids is 2. The summed E-state index contributed by atoms with van der Waals surface area (Å²) < 4.78 is 4.73. The van der Waals surface area contributed by atoms with Crippen molar-refractivity contribution in [3.05, 3.63) is 0 Å². The molecular weight excluding hydrogens is 240 g/mol. The Labute approximate surface area is 85.1 Å². The highest BCUT2D eigenvalue weighted by atomic mass is 79.9. The maximum atomic E-state index is 10.8. The van der Waals surface area contributed by atoms with Gasteiger partial charge < -0.3 is 15.8 Å². The second kappa shape index (κ2) is 7.85. The number of rotatable bonds is 6. The highest BCUT2D eigenvalue weighted by Gasteiger charge is 2.01. The molecule has 0 unspecified atom stereocenters. The number of primary amides is 1. The van der Waals surface area contributed by atoms with E-state index in [4.69, 9.17) is 10.5 Å². The Balaban J connectivity index is 3.25. The fourth-order valence-electron chi connectivity index (χ4n) is 0.558. The van der Waals surface area contributed by atoms with Gasteiger partial charge >= 0.3 is 6.09 Å². The Morgan fingerprint density at radius 1 is 1.46 bits per heavy atom. The summed E-state index contributed by atoms with van der Waals surface area (Å²) in [6.45, 7) is 0.593. The second-order valence-electron chi connectivity index (χ2n) is 2.32. The van der Waals surface area contributed by atoms with Crippen LogP contribution in [0.5, 0.6) is 0 Å². The molecule has 5 nitrogen and oxygen atoms in total. The van der Waals surface area contributed by atoms with Gasteiger partial charge in [-0.3, -0.25) is 4.79 Å². The minimum absolute atomic E-state index is 0.132. The van der Waals surface area contributed by atoms with Crippen molar-refractivity contribution >= 4 is 27.9 Å². The predicted octanol–water partition coefficient (Wildman–Crippen LogP) is 0.373. The molecule has 76 valence electrons. The van der Waals surface area contributed by atoms with E-state index >= 15 is 0 Å². The number of carbonyl (C=O) groups is 2. The van der Waals surface area contributed by atoms with E-state index in [1.807, 2.05) is 0 Å². The number of nitrogens with one attached hydrogen (secondary N) is 1. The van der Waals surface area contributed by atoms with E-state index in [1.54, 1.807) is 0 Å². The fourth-order valence-corrected chi connectivity index (χ4v) is 0.787. The van der Waals surface area contributed by atoms with E-state index in [0.717, 1.165) is 11.8 Å². The first-order chi connectivity index (χ1) is 6.16. The molecule has 0 heterocycles. The van der Waals surface area contributed by atoms with Gasteiger partial charge in [0.05, 0.1) is 6.61 Å². The van der Waals surface area contributed by atoms with Gasteiger partial charge in [0.2, 0.25) is 5.91 Å². The van der Waals surface area contributed by atoms with Crippen molar-refractivity contribution in [2.24, 2.45) is 5.73 Å². The van der Waals surface area contributed by atoms with Gasteiger partial charge in [-0.05, 0) is 6.42 Å². The van der Waals surface area contributed by atoms with Gasteiger partial charge in [0, 0.05) is 18.3 Å². The average molecular weight is 253 g/mol. The first-order valence-corrected chi connectivity index (χ1v) is 5.04. The Hall–Kier alpha value is -0.780. The summed E-state index contributed by atoms with van der Waals surface area (Å²) >= 11 is 3.20. The number of ether oxygens (including phenoxy) is 1. The molecule has 0 rings (SSSR count). The summed E-state index contributed by atoms with van der Waals surface area (Å²) in [5.41, 5.74) is 4.86. The molecule has 0 aliphatic heterocycles. The molecule has 0 aliphatic carbocycles. The Bertz CT molecular complexity index is 175. The smallest absolute Gasteiger partial charge is 0.407 e. The molecule has 13 heavy (non-hydrogen) atoms. The number of alkyl carbamates (subject to hydrolysis) is 1. The van der Waals surface area contributed by atoms with Crippen LogP contribution in [0.3, 0.4) is 0 Å². The quantitative estimate of drug-likeness (QED) is 0.530. The van der Waals surface area contributed by atoms with Crippen LogP contribution in [-0.2, 0) is 9.53 Å². The van der Waals surface area contributed by atoms with Crippen LogP contribution in [0.4, 0.5) is 4.79 Å². The molecule has 3 N–H and O–H groups in total. The number of amides is 2. The van der Waals surface area contributed by atoms with Gasteiger partial charge in [-0.2, -0.15) is 0 Å². The van der Waals surface area contributed by atoms with Crippen LogP contribution in [0, 0.1) is 0 Å². The van der Waals surface area contributed by atoms with Gasteiger partial charge in [-0.25, -0.2) is 4.79 Å². The van der Waals surface area contributed by atoms with Crippen molar-refractivity contribution in [1.82, 2.24) is 5.32 Å². The second-order valence-corrected chi connectivity index (χ2v) is 3.11. The molecule has 0 bridgehead atoms. The molecule has 6 heteroatoms. The van der Waals surface area contributed by atoms with E-state index in [9.17, 15) is 9.59 Å². The summed E-state index contributed by atoms with van der Waals surface area (Å²) in [6, 6.07) is 0. The van der Waals surface area contributed by atoms with Crippen LogP contribution < -0.4 is 11.1 Å². The van der Waals surface area contributed by atoms with Gasteiger partial charge in [-0.1, -0.05) is 15.9 Å². The summed E-state index contributed by atoms with van der Waals surface area (Å²) in [7, 11) is 0. The molecule has 0 radical (unpaired) electrons. The molecule has 0 aromatic heterocycles. The number of alkyl halides is 1. The van der Waals surface area contributed by atoms with Crippen LogP contribution in [0.2, 0.25) is 0 Å². The molecule has 0 saturated heterocycles. The third kappa shape index (κ3) is 9.13. The van der Waals surface area contributed by atoms with Crippen LogP contribution in [0.1, 0.15) is 12.8 Å². The molecule has 0 atom stereocenters. The monoisotopic (exact) mass is 252 g/mol. The lowest BCUT2D eigenvalue weighted by atomic mass is 10.4. The lowest BCUT2D eigenvalue weighted by Crippen LogP contribution is -2.28. The van der Waals surface area contributed by atoms with Gasteiger partial charge in [-0.15, -0.1) is 0 Å². The molecule has 0 aromatic rings. The minimum Gasteiger partial charge on any atom is -0.450 e. The first-order valence-electron chi connectivity index (χ1n) is 3.91. The van der Waals surface area contributed by atoms with Crippen molar-refractivity contribution in [3.8, 4) is 0 Å². The van der Waals surface area contributed by atoms with Gasteiger partial charge in [0.25, 0.3) is 0 Å². The molecule has 2 amide bonds. The third-order valence-electron chi connectivity index (χ3n) is 1.15. The number of hydrogen-bond acceptors (Lipinski definition) is 3. The topological polar surface area (TPSA) is 81.4 Å². The SMILES string of the molecule is NC(=O)CCNC(=O)OCCCBr. The maximum absolute atomic E-state index is 10.8. The van der Waals surface area contributed by atoms with Crippen LogP contribution in [0.25, 0.3) is 0 Å². The standard InChI is InChI=1S/C7H13BrN2O3/c8-3-1-5-13-7(12)10-4-2-6(9)11/h1-5H2,(H2,9,11)(H,10,12). The molecule has 0 spiro atoms. The van der Waals surface area contributed by atoms with Crippen molar-refractivity contribution in [2.45, 2.75) is 12.8 Å². The van der Waals surface area contributed by atoms with E-state index in [2.05, 4.69) is 21.2 Å². The van der Waals surface area contributed by atoms with Crippen molar-refractivity contribution in [2.75, 3.05) is 18.5 Å². The zero-order valence-electron chi connectivity index (χ0n) is 7.22. The molecule has 0 fully saturated rings. The normalized spacial score (nSPS) is 9.31. The van der Waals surface area contributed by atoms with Crippen molar-refractivity contribution < 1.29 is 14.3 Å². The van der Waals surface area contributed by atoms with Crippen LogP contribution >= 0.6 is 15.9 Å². The molecule has 0 saturated carbocycles. The molecule has 0 aromatic carbocycles. The predicted molar refractivity (Wildman–Crippen MR) is 51.6 cm³/mol. The van der Waals surface area contributed by atoms with E-state index < -0.39 is 12.0 Å². The average Bonchev–Trinajstić information content (AvgIpc) is 2.04. The third-order valence-corrected chi connectivity index (χ3v) is 1.71. The summed E-state index contributed by atoms with van der Waals surface area (Å²) in [4.78, 5) is 21.1. The summed E-state index contributed by atoms with van der Waals surface area (Å²) in [5.74, 6) is -0.444. The van der Waals surface area contributed by atoms with E-state index in [1.165, 1.54) is 0 Å². The Morgan fingerprint density at radius 2 is 2.15 bits per heavy atom. The summed E-state index contributed by atoms with van der Waals surface area (Å²) in [6.07, 6.45) is 0.388. The Morgan fingerprint density at radius 3 is 2.69 bits per heavy atom. The lowest BCUT2D eigenvalue weighted by Gasteiger charge is -2.04. The molecular formula is C7H13BrN2O3. The first kappa shape index (κ1) is 12.2.